The van der Waals surface area contributed by atoms with Gasteiger partial charge in [-0.2, -0.15) is 0 Å². The molecule has 1 aromatic heterocycles. The number of nitrogens with zero attached hydrogens (tertiary/aromatic N) is 2. The van der Waals surface area contributed by atoms with Gasteiger partial charge in [0.1, 0.15) is 10.8 Å². The van der Waals surface area contributed by atoms with Gasteiger partial charge in [0.05, 0.1) is 12.1 Å². The molecule has 3 aliphatic rings. The Kier molecular flexibility index (Phi) is 6.55. The molecule has 2 aliphatic carbocycles. The molecule has 1 amide bonds. The van der Waals surface area contributed by atoms with Crippen LogP contribution in [0.4, 0.5) is 0 Å². The highest BCUT2D eigenvalue weighted by Crippen LogP contribution is 2.35. The topological polar surface area (TPSA) is 54.5 Å². The monoisotopic (exact) mass is 439 g/mol. The third-order valence-corrected chi connectivity index (χ3v) is 7.74. The summed E-state index contributed by atoms with van der Waals surface area (Å²) in [4.78, 5) is 19.6. The smallest absolute Gasteiger partial charge is 0.223 e. The molecule has 5 nitrogen and oxygen atoms in total. The Morgan fingerprint density at radius 2 is 2.06 bits per heavy atom. The lowest BCUT2D eigenvalue weighted by molar-refractivity contribution is -0.123. The largest absolute Gasteiger partial charge is 0.490 e. The zero-order valence-corrected chi connectivity index (χ0v) is 19.0. The number of amides is 1. The summed E-state index contributed by atoms with van der Waals surface area (Å²) in [5, 5.41) is 6.41. The highest BCUT2D eigenvalue weighted by atomic mass is 32.1. The molecule has 2 atom stereocenters. The number of nitrogens with one attached hydrogen (secondary N) is 1. The van der Waals surface area contributed by atoms with E-state index in [0.29, 0.717) is 12.0 Å². The van der Waals surface area contributed by atoms with Gasteiger partial charge in [0.2, 0.25) is 5.91 Å². The van der Waals surface area contributed by atoms with Crippen molar-refractivity contribution < 1.29 is 9.53 Å². The van der Waals surface area contributed by atoms with Gasteiger partial charge in [-0.25, -0.2) is 4.98 Å². The Bertz CT molecular complexity index is 861. The molecule has 2 unspecified atom stereocenters. The molecular formula is C25H33N3O2S. The maximum absolute atomic E-state index is 12.5. The minimum Gasteiger partial charge on any atom is -0.490 e. The minimum atomic E-state index is 0.0351. The van der Waals surface area contributed by atoms with Gasteiger partial charge in [-0.3, -0.25) is 9.69 Å². The summed E-state index contributed by atoms with van der Waals surface area (Å²) in [6.07, 6.45) is 11.6. The zero-order valence-electron chi connectivity index (χ0n) is 18.2. The molecule has 0 radical (unpaired) electrons. The highest BCUT2D eigenvalue weighted by Gasteiger charge is 2.36. The van der Waals surface area contributed by atoms with E-state index in [1.54, 1.807) is 11.3 Å². The molecule has 6 heteroatoms. The second-order valence-electron chi connectivity index (χ2n) is 9.44. The average molecular weight is 440 g/mol. The van der Waals surface area contributed by atoms with Gasteiger partial charge in [-0.1, -0.05) is 12.1 Å². The van der Waals surface area contributed by atoms with Crippen LogP contribution in [0, 0.1) is 11.8 Å². The van der Waals surface area contributed by atoms with Crippen molar-refractivity contribution in [1.82, 2.24) is 15.2 Å². The van der Waals surface area contributed by atoms with Crippen LogP contribution in [0.25, 0.3) is 0 Å². The number of thiazole rings is 1. The second kappa shape index (κ2) is 9.70. The summed E-state index contributed by atoms with van der Waals surface area (Å²) in [7, 11) is 0. The van der Waals surface area contributed by atoms with Crippen molar-refractivity contribution in [1.29, 1.82) is 0 Å². The highest BCUT2D eigenvalue weighted by molar-refractivity contribution is 7.09. The molecule has 0 bridgehead atoms. The number of benzene rings is 1. The van der Waals surface area contributed by atoms with Crippen molar-refractivity contribution in [3.8, 4) is 5.75 Å². The normalized spacial score (nSPS) is 23.5. The number of ether oxygens (including phenoxy) is 1. The fourth-order valence-corrected chi connectivity index (χ4v) is 5.85. The summed E-state index contributed by atoms with van der Waals surface area (Å²) in [5.74, 6) is 1.86. The molecule has 1 aliphatic heterocycles. The van der Waals surface area contributed by atoms with Crippen molar-refractivity contribution in [2.24, 2.45) is 11.8 Å². The van der Waals surface area contributed by atoms with E-state index < -0.39 is 0 Å². The van der Waals surface area contributed by atoms with Crippen LogP contribution in [-0.4, -0.2) is 35.0 Å². The van der Waals surface area contributed by atoms with E-state index in [1.807, 2.05) is 11.6 Å². The first-order valence-electron chi connectivity index (χ1n) is 11.9. The van der Waals surface area contributed by atoms with Gasteiger partial charge >= 0.3 is 0 Å². The quantitative estimate of drug-likeness (QED) is 0.633. The van der Waals surface area contributed by atoms with E-state index in [4.69, 9.17) is 4.74 Å². The molecule has 5 rings (SSSR count). The average Bonchev–Trinajstić information content (AvgIpc) is 3.25. The third-order valence-electron chi connectivity index (χ3n) is 6.89. The van der Waals surface area contributed by atoms with E-state index in [-0.39, 0.29) is 17.9 Å². The maximum Gasteiger partial charge on any atom is 0.223 e. The summed E-state index contributed by atoms with van der Waals surface area (Å²) in [6.45, 7) is 3.02. The molecule has 166 valence electrons. The van der Waals surface area contributed by atoms with E-state index >= 15 is 0 Å². The van der Waals surface area contributed by atoms with Crippen LogP contribution in [0.1, 0.15) is 68.0 Å². The van der Waals surface area contributed by atoms with Gasteiger partial charge in [0.15, 0.2) is 0 Å². The van der Waals surface area contributed by atoms with Gasteiger partial charge in [0.25, 0.3) is 0 Å². The number of piperidine rings is 1. The molecule has 3 fully saturated rings. The summed E-state index contributed by atoms with van der Waals surface area (Å²) in [6, 6.07) is 8.67. The molecule has 1 aromatic carbocycles. The van der Waals surface area contributed by atoms with Crippen molar-refractivity contribution in [3.05, 3.63) is 46.4 Å². The van der Waals surface area contributed by atoms with Crippen molar-refractivity contribution >= 4 is 17.2 Å². The number of rotatable bonds is 8. The second-order valence-corrected chi connectivity index (χ2v) is 10.4. The number of hydrogen-bond acceptors (Lipinski definition) is 5. The Morgan fingerprint density at radius 3 is 2.84 bits per heavy atom. The molecule has 0 spiro atoms. The molecule has 31 heavy (non-hydrogen) atoms. The van der Waals surface area contributed by atoms with Crippen LogP contribution < -0.4 is 10.1 Å². The lowest BCUT2D eigenvalue weighted by atomic mass is 9.90. The third kappa shape index (κ3) is 5.47. The Balaban J connectivity index is 1.23. The lowest BCUT2D eigenvalue weighted by Gasteiger charge is -2.36. The van der Waals surface area contributed by atoms with Gasteiger partial charge in [-0.05, 0) is 81.5 Å². The number of carbonyl (C=O) groups excluding carboxylic acids is 1. The van der Waals surface area contributed by atoms with E-state index in [2.05, 4.69) is 39.5 Å². The molecule has 2 aromatic rings. The maximum atomic E-state index is 12.5. The predicted octanol–water partition coefficient (Wildman–Crippen LogP) is 4.94. The number of likely N-dealkylation sites (tertiary alicyclic amines) is 1. The zero-order chi connectivity index (χ0) is 21.0. The van der Waals surface area contributed by atoms with E-state index in [0.717, 1.165) is 56.1 Å². The van der Waals surface area contributed by atoms with Gasteiger partial charge in [-0.15, -0.1) is 11.3 Å². The first-order chi connectivity index (χ1) is 15.2. The van der Waals surface area contributed by atoms with Crippen LogP contribution >= 0.6 is 11.3 Å². The number of carbonyl (C=O) groups is 1. The Hall–Kier alpha value is -1.92. The van der Waals surface area contributed by atoms with Crippen LogP contribution in [0.5, 0.6) is 5.75 Å². The van der Waals surface area contributed by atoms with Gasteiger partial charge < -0.3 is 10.1 Å². The predicted molar refractivity (Wildman–Crippen MR) is 123 cm³/mol. The van der Waals surface area contributed by atoms with Gasteiger partial charge in [0, 0.05) is 30.6 Å². The van der Waals surface area contributed by atoms with Crippen molar-refractivity contribution in [2.75, 3.05) is 13.1 Å². The SMILES string of the molecule is O=C(NC(c1nccs1)C1CCCN(Cc2cccc(OC3CCCC3)c2)C1)C1CC1. The first-order valence-corrected chi connectivity index (χ1v) is 12.8. The first kappa shape index (κ1) is 21.0. The molecule has 2 heterocycles. The Morgan fingerprint density at radius 1 is 1.19 bits per heavy atom. The van der Waals surface area contributed by atoms with Crippen molar-refractivity contribution in [3.63, 3.8) is 0 Å². The lowest BCUT2D eigenvalue weighted by Crippen LogP contribution is -2.43. The summed E-state index contributed by atoms with van der Waals surface area (Å²) >= 11 is 1.66. The molecule has 1 N–H and O–H groups in total. The standard InChI is InChI=1S/C25H33N3O2S/c29-24(19-10-11-19)27-23(25-26-12-14-31-25)20-6-4-13-28(17-20)16-18-5-3-9-22(15-18)30-21-7-1-2-8-21/h3,5,9,12,14-15,19-21,23H,1-2,4,6-8,10-11,13,16-17H2,(H,27,29). The van der Waals surface area contributed by atoms with Crippen LogP contribution in [-0.2, 0) is 11.3 Å². The van der Waals surface area contributed by atoms with Crippen LogP contribution in [0.15, 0.2) is 35.8 Å². The van der Waals surface area contributed by atoms with Crippen LogP contribution in [0.2, 0.25) is 0 Å². The molecule has 1 saturated heterocycles. The number of hydrogen-bond donors (Lipinski definition) is 1. The Labute approximate surface area is 189 Å². The van der Waals surface area contributed by atoms with E-state index in [9.17, 15) is 4.79 Å². The number of aromatic nitrogens is 1. The van der Waals surface area contributed by atoms with Crippen LogP contribution in [0.3, 0.4) is 0 Å². The summed E-state index contributed by atoms with van der Waals surface area (Å²) in [5.41, 5.74) is 1.31. The van der Waals surface area contributed by atoms with Crippen molar-refractivity contribution in [2.45, 2.75) is 70.1 Å². The van der Waals surface area contributed by atoms with E-state index in [1.165, 1.54) is 31.2 Å². The fraction of sp³-hybridized carbons (Fsp3) is 0.600. The summed E-state index contributed by atoms with van der Waals surface area (Å²) < 4.78 is 6.21. The minimum absolute atomic E-state index is 0.0351. The molecule has 2 saturated carbocycles. The fourth-order valence-electron chi connectivity index (χ4n) is 5.07. The molecular weight excluding hydrogens is 406 g/mol.